The van der Waals surface area contributed by atoms with Crippen molar-refractivity contribution in [1.29, 1.82) is 0 Å². The fourth-order valence-corrected chi connectivity index (χ4v) is 2.85. The number of anilines is 1. The van der Waals surface area contributed by atoms with Crippen molar-refractivity contribution in [2.24, 2.45) is 0 Å². The van der Waals surface area contributed by atoms with Crippen LogP contribution in [0.15, 0.2) is 30.5 Å². The second-order valence-electron chi connectivity index (χ2n) is 5.78. The Morgan fingerprint density at radius 2 is 2.17 bits per heavy atom. The number of hydrogen-bond acceptors (Lipinski definition) is 5. The Hall–Kier alpha value is -2.01. The van der Waals surface area contributed by atoms with E-state index < -0.39 is 0 Å². The molecular weight excluding hydrogens is 288 g/mol. The van der Waals surface area contributed by atoms with E-state index in [4.69, 9.17) is 9.72 Å². The van der Waals surface area contributed by atoms with Gasteiger partial charge in [0.2, 0.25) is 0 Å². The van der Waals surface area contributed by atoms with E-state index >= 15 is 0 Å². The summed E-state index contributed by atoms with van der Waals surface area (Å²) in [4.78, 5) is 16.1. The summed E-state index contributed by atoms with van der Waals surface area (Å²) in [7, 11) is 0. The molecule has 0 aromatic carbocycles. The molecule has 122 valence electrons. The average molecular weight is 312 g/mol. The lowest BCUT2D eigenvalue weighted by atomic mass is 10.2. The summed E-state index contributed by atoms with van der Waals surface area (Å²) in [5, 5.41) is 0. The van der Waals surface area contributed by atoms with Gasteiger partial charge in [-0.3, -0.25) is 4.98 Å². The standard InChI is InChI=1S/C18H24N4O/c1-3-14-12-17(22(4-2)13-15-8-7-11-23-15)21-18(20-14)16-9-5-6-10-19-16/h5-6,9-10,12,15H,3-4,7-8,11,13H2,1-2H3. The quantitative estimate of drug-likeness (QED) is 0.820. The summed E-state index contributed by atoms with van der Waals surface area (Å²) < 4.78 is 5.78. The Morgan fingerprint density at radius 1 is 1.26 bits per heavy atom. The minimum Gasteiger partial charge on any atom is -0.376 e. The van der Waals surface area contributed by atoms with Crippen LogP contribution in [0.2, 0.25) is 0 Å². The lowest BCUT2D eigenvalue weighted by Crippen LogP contribution is -2.33. The molecule has 1 saturated heterocycles. The second-order valence-corrected chi connectivity index (χ2v) is 5.78. The predicted molar refractivity (Wildman–Crippen MR) is 91.5 cm³/mol. The Bertz CT molecular complexity index is 626. The molecule has 1 aliphatic heterocycles. The molecule has 23 heavy (non-hydrogen) atoms. The van der Waals surface area contributed by atoms with Gasteiger partial charge in [-0.2, -0.15) is 0 Å². The van der Waals surface area contributed by atoms with Gasteiger partial charge in [0, 0.05) is 37.7 Å². The number of rotatable bonds is 6. The summed E-state index contributed by atoms with van der Waals surface area (Å²) in [6, 6.07) is 7.91. The summed E-state index contributed by atoms with van der Waals surface area (Å²) >= 11 is 0. The zero-order valence-corrected chi connectivity index (χ0v) is 13.9. The smallest absolute Gasteiger partial charge is 0.180 e. The van der Waals surface area contributed by atoms with E-state index in [0.717, 1.165) is 56.2 Å². The van der Waals surface area contributed by atoms with Crippen molar-refractivity contribution in [2.75, 3.05) is 24.6 Å². The van der Waals surface area contributed by atoms with Gasteiger partial charge in [0.15, 0.2) is 5.82 Å². The van der Waals surface area contributed by atoms with Gasteiger partial charge in [0.25, 0.3) is 0 Å². The Morgan fingerprint density at radius 3 is 2.83 bits per heavy atom. The number of aromatic nitrogens is 3. The molecule has 2 aromatic rings. The minimum absolute atomic E-state index is 0.313. The summed E-state index contributed by atoms with van der Waals surface area (Å²) in [5.74, 6) is 1.67. The molecule has 1 aliphatic rings. The molecule has 0 bridgehead atoms. The van der Waals surface area contributed by atoms with Crippen molar-refractivity contribution in [3.05, 3.63) is 36.2 Å². The molecule has 3 rings (SSSR count). The molecule has 1 atom stereocenters. The van der Waals surface area contributed by atoms with Gasteiger partial charge < -0.3 is 9.64 Å². The van der Waals surface area contributed by atoms with Crippen molar-refractivity contribution >= 4 is 5.82 Å². The van der Waals surface area contributed by atoms with E-state index in [1.165, 1.54) is 0 Å². The Kier molecular flexibility index (Phi) is 5.18. The van der Waals surface area contributed by atoms with Crippen LogP contribution in [-0.4, -0.2) is 40.8 Å². The molecule has 5 heteroatoms. The third-order valence-corrected chi connectivity index (χ3v) is 4.18. The van der Waals surface area contributed by atoms with E-state index in [2.05, 4.69) is 34.8 Å². The van der Waals surface area contributed by atoms with Gasteiger partial charge in [0.1, 0.15) is 11.5 Å². The van der Waals surface area contributed by atoms with Crippen LogP contribution in [0.1, 0.15) is 32.4 Å². The van der Waals surface area contributed by atoms with Gasteiger partial charge in [-0.05, 0) is 38.3 Å². The monoisotopic (exact) mass is 312 g/mol. The highest BCUT2D eigenvalue weighted by molar-refractivity contribution is 5.53. The first-order valence-electron chi connectivity index (χ1n) is 8.46. The second kappa shape index (κ2) is 7.51. The number of hydrogen-bond donors (Lipinski definition) is 0. The molecular formula is C18H24N4O. The molecule has 0 aliphatic carbocycles. The Labute approximate surface area is 137 Å². The number of aryl methyl sites for hydroxylation is 1. The van der Waals surface area contributed by atoms with Gasteiger partial charge >= 0.3 is 0 Å². The highest BCUT2D eigenvalue weighted by Crippen LogP contribution is 2.21. The first-order valence-corrected chi connectivity index (χ1v) is 8.46. The topological polar surface area (TPSA) is 51.1 Å². The van der Waals surface area contributed by atoms with E-state index in [9.17, 15) is 0 Å². The number of ether oxygens (including phenoxy) is 1. The van der Waals surface area contributed by atoms with Crippen LogP contribution in [0.4, 0.5) is 5.82 Å². The van der Waals surface area contributed by atoms with Crippen molar-refractivity contribution in [1.82, 2.24) is 15.0 Å². The average Bonchev–Trinajstić information content (AvgIpc) is 3.13. The predicted octanol–water partition coefficient (Wildman–Crippen LogP) is 3.11. The van der Waals surface area contributed by atoms with E-state index in [1.54, 1.807) is 6.20 Å². The number of nitrogens with zero attached hydrogens (tertiary/aromatic N) is 4. The first-order chi connectivity index (χ1) is 11.3. The maximum Gasteiger partial charge on any atom is 0.180 e. The van der Waals surface area contributed by atoms with Gasteiger partial charge in [-0.15, -0.1) is 0 Å². The lowest BCUT2D eigenvalue weighted by molar-refractivity contribution is 0.115. The molecule has 0 radical (unpaired) electrons. The van der Waals surface area contributed by atoms with Crippen molar-refractivity contribution in [2.45, 2.75) is 39.2 Å². The number of pyridine rings is 1. The zero-order valence-electron chi connectivity index (χ0n) is 13.9. The molecule has 3 heterocycles. The van der Waals surface area contributed by atoms with Crippen LogP contribution in [-0.2, 0) is 11.2 Å². The van der Waals surface area contributed by atoms with Crippen molar-refractivity contribution in [3.63, 3.8) is 0 Å². The largest absolute Gasteiger partial charge is 0.376 e. The van der Waals surface area contributed by atoms with Crippen LogP contribution in [0.25, 0.3) is 11.5 Å². The summed E-state index contributed by atoms with van der Waals surface area (Å²) in [5.41, 5.74) is 1.86. The SMILES string of the molecule is CCc1cc(N(CC)CC2CCCO2)nc(-c2ccccn2)n1. The van der Waals surface area contributed by atoms with Gasteiger partial charge in [-0.25, -0.2) is 9.97 Å². The molecule has 0 N–H and O–H groups in total. The summed E-state index contributed by atoms with van der Waals surface area (Å²) in [6.45, 7) is 6.94. The third-order valence-electron chi connectivity index (χ3n) is 4.18. The first kappa shape index (κ1) is 15.9. The van der Waals surface area contributed by atoms with Gasteiger partial charge in [-0.1, -0.05) is 13.0 Å². The molecule has 0 saturated carbocycles. The minimum atomic E-state index is 0.313. The van der Waals surface area contributed by atoms with Crippen LogP contribution >= 0.6 is 0 Å². The van der Waals surface area contributed by atoms with Crippen molar-refractivity contribution in [3.8, 4) is 11.5 Å². The van der Waals surface area contributed by atoms with E-state index in [0.29, 0.717) is 11.9 Å². The third kappa shape index (κ3) is 3.85. The molecule has 0 amide bonds. The molecule has 1 unspecified atom stereocenters. The van der Waals surface area contributed by atoms with Crippen molar-refractivity contribution < 1.29 is 4.74 Å². The lowest BCUT2D eigenvalue weighted by Gasteiger charge is -2.25. The zero-order chi connectivity index (χ0) is 16.1. The van der Waals surface area contributed by atoms with Crippen LogP contribution in [0.3, 0.4) is 0 Å². The highest BCUT2D eigenvalue weighted by Gasteiger charge is 2.20. The normalized spacial score (nSPS) is 17.4. The fourth-order valence-electron chi connectivity index (χ4n) is 2.85. The summed E-state index contributed by atoms with van der Waals surface area (Å²) in [6.07, 6.45) is 5.27. The fraction of sp³-hybridized carbons (Fsp3) is 0.500. The van der Waals surface area contributed by atoms with Crippen LogP contribution < -0.4 is 4.90 Å². The Balaban J connectivity index is 1.90. The maximum atomic E-state index is 5.78. The molecule has 0 spiro atoms. The van der Waals surface area contributed by atoms with Gasteiger partial charge in [0.05, 0.1) is 6.10 Å². The van der Waals surface area contributed by atoms with Crippen LogP contribution in [0, 0.1) is 0 Å². The highest BCUT2D eigenvalue weighted by atomic mass is 16.5. The van der Waals surface area contributed by atoms with E-state index in [1.807, 2.05) is 18.2 Å². The van der Waals surface area contributed by atoms with Crippen LogP contribution in [0.5, 0.6) is 0 Å². The maximum absolute atomic E-state index is 5.78. The molecule has 1 fully saturated rings. The molecule has 5 nitrogen and oxygen atoms in total. The van der Waals surface area contributed by atoms with E-state index in [-0.39, 0.29) is 0 Å². The molecule has 2 aromatic heterocycles. The number of likely N-dealkylation sites (N-methyl/N-ethyl adjacent to an activating group) is 1.